The van der Waals surface area contributed by atoms with Crippen molar-refractivity contribution in [3.63, 3.8) is 0 Å². The van der Waals surface area contributed by atoms with Crippen LogP contribution in [0.2, 0.25) is 0 Å². The average Bonchev–Trinajstić information content (AvgIpc) is 1.00. The molecule has 0 heterocycles. The quantitative estimate of drug-likeness (QED) is 0.282. The fourth-order valence-corrected chi connectivity index (χ4v) is 0. The molecule has 0 aliphatic heterocycles. The van der Waals surface area contributed by atoms with E-state index in [-0.39, 0.29) is 43.2 Å². The summed E-state index contributed by atoms with van der Waals surface area (Å²) in [5.41, 5.74) is 0. The van der Waals surface area contributed by atoms with Gasteiger partial charge in [-0.25, -0.2) is 0 Å². The van der Waals surface area contributed by atoms with Gasteiger partial charge in [0.2, 0.25) is 0 Å². The van der Waals surface area contributed by atoms with E-state index in [2.05, 4.69) is 15.4 Å². The third-order valence-electron chi connectivity index (χ3n) is 0. The summed E-state index contributed by atoms with van der Waals surface area (Å²) in [6, 6.07) is 0. The van der Waals surface area contributed by atoms with Crippen molar-refractivity contribution >= 4 is 0 Å². The molecular weight excluding hydrogens is 105 g/mol. The molecule has 0 amide bonds. The Labute approximate surface area is 62.3 Å². The molecule has 0 aromatic carbocycles. The molecule has 0 saturated carbocycles. The minimum atomic E-state index is 0. The number of hydrogen-bond acceptors (Lipinski definition) is 1. The van der Waals surface area contributed by atoms with Gasteiger partial charge in [-0.05, 0) is 0 Å². The summed E-state index contributed by atoms with van der Waals surface area (Å²) in [6.07, 6.45) is 0. The molecule has 0 aromatic heterocycles. The SMILES string of the molecule is [Li+].[Li+].[O-2].[O]=[Ni]. The van der Waals surface area contributed by atoms with Gasteiger partial charge in [0.1, 0.15) is 0 Å². The summed E-state index contributed by atoms with van der Waals surface area (Å²) < 4.78 is 7.88. The van der Waals surface area contributed by atoms with Gasteiger partial charge in [-0.3, -0.25) is 0 Å². The molecule has 0 bridgehead atoms. The molecule has 2 nitrogen and oxygen atoms in total. The van der Waals surface area contributed by atoms with Crippen LogP contribution in [0.15, 0.2) is 0 Å². The van der Waals surface area contributed by atoms with Crippen LogP contribution in [-0.4, -0.2) is 0 Å². The monoisotopic (exact) mass is 104 g/mol. The van der Waals surface area contributed by atoms with Crippen LogP contribution in [0.25, 0.3) is 0 Å². The standard InChI is InChI=1S/2Li.Ni.2O/q2*+1;;;-2. The Morgan fingerprint density at radius 3 is 1.00 bits per heavy atom. The molecule has 0 aliphatic carbocycles. The van der Waals surface area contributed by atoms with Crippen molar-refractivity contribution in [3.8, 4) is 0 Å². The van der Waals surface area contributed by atoms with E-state index in [4.69, 9.17) is 3.90 Å². The van der Waals surface area contributed by atoms with Gasteiger partial charge in [0, 0.05) is 0 Å². The van der Waals surface area contributed by atoms with Crippen LogP contribution in [0.4, 0.5) is 0 Å². The normalized spacial score (nSPS) is 1.20. The summed E-state index contributed by atoms with van der Waals surface area (Å²) >= 11 is 2.62. The Bertz CT molecular complexity index is 7.61. The molecule has 0 aliphatic rings. The predicted molar refractivity (Wildman–Crippen MR) is 1.37 cm³/mol. The van der Waals surface area contributed by atoms with Gasteiger partial charge >= 0.3 is 57.0 Å². The van der Waals surface area contributed by atoms with Crippen molar-refractivity contribution in [2.24, 2.45) is 0 Å². The maximum atomic E-state index is 7.88. The van der Waals surface area contributed by atoms with E-state index in [1.807, 2.05) is 0 Å². The van der Waals surface area contributed by atoms with Crippen molar-refractivity contribution in [1.29, 1.82) is 0 Å². The van der Waals surface area contributed by atoms with Gasteiger partial charge in [-0.1, -0.05) is 0 Å². The summed E-state index contributed by atoms with van der Waals surface area (Å²) in [7, 11) is 0. The molecule has 5 heavy (non-hydrogen) atoms. The van der Waals surface area contributed by atoms with Crippen molar-refractivity contribution < 1.29 is 62.5 Å². The zero-order chi connectivity index (χ0) is 2.00. The van der Waals surface area contributed by atoms with E-state index < -0.39 is 0 Å². The fraction of sp³-hybridized carbons (Fsp3) is 0. The summed E-state index contributed by atoms with van der Waals surface area (Å²) in [5, 5.41) is 0. The Kier molecular flexibility index (Phi) is 328. The van der Waals surface area contributed by atoms with Crippen LogP contribution in [0.1, 0.15) is 0 Å². The molecule has 0 unspecified atom stereocenters. The van der Waals surface area contributed by atoms with Crippen molar-refractivity contribution in [1.82, 2.24) is 0 Å². The predicted octanol–water partition coefficient (Wildman–Crippen LogP) is -6.23. The molecule has 0 atom stereocenters. The zero-order valence-electron chi connectivity index (χ0n) is 3.13. The minimum absolute atomic E-state index is 0. The summed E-state index contributed by atoms with van der Waals surface area (Å²) in [4.78, 5) is 0. The molecule has 0 N–H and O–H groups in total. The van der Waals surface area contributed by atoms with Gasteiger partial charge in [0.15, 0.2) is 0 Å². The molecule has 0 fully saturated rings. The van der Waals surface area contributed by atoms with E-state index in [0.29, 0.717) is 0 Å². The third-order valence-corrected chi connectivity index (χ3v) is 0. The number of rotatable bonds is 0. The molecule has 0 rings (SSSR count). The van der Waals surface area contributed by atoms with Crippen LogP contribution in [-0.2, 0) is 24.8 Å². The fourth-order valence-electron chi connectivity index (χ4n) is 0. The van der Waals surface area contributed by atoms with Crippen molar-refractivity contribution in [2.45, 2.75) is 0 Å². The molecular formula is Li2NiO2. The first-order valence-electron chi connectivity index (χ1n) is 0.129. The Morgan fingerprint density at radius 2 is 1.00 bits per heavy atom. The second kappa shape index (κ2) is 51.4. The van der Waals surface area contributed by atoms with Gasteiger partial charge in [0.25, 0.3) is 0 Å². The second-order valence-electron chi connectivity index (χ2n) is 0. The summed E-state index contributed by atoms with van der Waals surface area (Å²) in [6.45, 7) is 0. The average molecular weight is 105 g/mol. The van der Waals surface area contributed by atoms with Gasteiger partial charge in [0.05, 0.1) is 0 Å². The van der Waals surface area contributed by atoms with Crippen LogP contribution in [0, 0.1) is 0 Å². The van der Waals surface area contributed by atoms with Crippen molar-refractivity contribution in [2.75, 3.05) is 0 Å². The van der Waals surface area contributed by atoms with Gasteiger partial charge in [-0.15, -0.1) is 0 Å². The third kappa shape index (κ3) is 30.9. The molecule has 0 spiro atoms. The van der Waals surface area contributed by atoms with Crippen molar-refractivity contribution in [3.05, 3.63) is 0 Å². The van der Waals surface area contributed by atoms with E-state index in [1.165, 1.54) is 0 Å². The Hall–Kier alpha value is 1.45. The van der Waals surface area contributed by atoms with E-state index in [0.717, 1.165) is 0 Å². The van der Waals surface area contributed by atoms with Crippen LogP contribution < -0.4 is 37.7 Å². The second-order valence-corrected chi connectivity index (χ2v) is 0. The van der Waals surface area contributed by atoms with E-state index >= 15 is 0 Å². The molecule has 5 heteroatoms. The Balaban J connectivity index is -0.00000000167. The van der Waals surface area contributed by atoms with E-state index in [9.17, 15) is 0 Å². The molecule has 0 radical (unpaired) electrons. The van der Waals surface area contributed by atoms with Gasteiger partial charge < -0.3 is 5.48 Å². The van der Waals surface area contributed by atoms with Gasteiger partial charge in [-0.2, -0.15) is 0 Å². The van der Waals surface area contributed by atoms with E-state index in [1.54, 1.807) is 0 Å². The number of hydrogen-bond donors (Lipinski definition) is 0. The van der Waals surface area contributed by atoms with Crippen LogP contribution in [0.3, 0.4) is 0 Å². The summed E-state index contributed by atoms with van der Waals surface area (Å²) in [5.74, 6) is 0. The molecule has 24 valence electrons. The van der Waals surface area contributed by atoms with Crippen LogP contribution in [0.5, 0.6) is 0 Å². The Morgan fingerprint density at radius 1 is 1.00 bits per heavy atom. The molecule has 0 saturated heterocycles. The zero-order valence-corrected chi connectivity index (χ0v) is 4.12. The maximum absolute atomic E-state index is 7.88. The molecule has 0 aromatic rings. The topological polar surface area (TPSA) is 45.6 Å². The first-order chi connectivity index (χ1) is 1.00. The van der Waals surface area contributed by atoms with Crippen LogP contribution >= 0.6 is 0 Å². The first-order valence-corrected chi connectivity index (χ1v) is 0.532. The first kappa shape index (κ1) is 31.9.